The second kappa shape index (κ2) is 8.73. The van der Waals surface area contributed by atoms with E-state index in [4.69, 9.17) is 4.74 Å². The standard InChI is InChI=1S/C20H21BrN4O2/c1-24-20(19(21)13-22-24)16-4-3-5-17(12-16)23-25(14-26)11-10-15-6-8-18(27-2)9-7-15/h3-9,12-14,23H,10-11H2,1-2H3. The molecule has 1 aromatic heterocycles. The lowest BCUT2D eigenvalue weighted by atomic mass is 10.1. The number of benzene rings is 2. The Morgan fingerprint density at radius 1 is 1.26 bits per heavy atom. The zero-order chi connectivity index (χ0) is 19.2. The number of hydrogen-bond acceptors (Lipinski definition) is 4. The molecule has 1 amide bonds. The largest absolute Gasteiger partial charge is 0.497 e. The first-order valence-electron chi connectivity index (χ1n) is 8.50. The lowest BCUT2D eigenvalue weighted by Crippen LogP contribution is -2.30. The first-order valence-corrected chi connectivity index (χ1v) is 9.29. The number of ether oxygens (including phenoxy) is 1. The first kappa shape index (κ1) is 19.0. The van der Waals surface area contributed by atoms with Gasteiger partial charge >= 0.3 is 0 Å². The van der Waals surface area contributed by atoms with E-state index in [0.717, 1.165) is 45.6 Å². The van der Waals surface area contributed by atoms with Crippen molar-refractivity contribution in [1.82, 2.24) is 14.8 Å². The third-order valence-electron chi connectivity index (χ3n) is 4.23. The summed E-state index contributed by atoms with van der Waals surface area (Å²) in [7, 11) is 3.54. The Morgan fingerprint density at radius 3 is 2.67 bits per heavy atom. The number of anilines is 1. The summed E-state index contributed by atoms with van der Waals surface area (Å²) in [6.07, 6.45) is 3.31. The molecule has 0 aliphatic rings. The van der Waals surface area contributed by atoms with Crippen molar-refractivity contribution < 1.29 is 9.53 Å². The average molecular weight is 429 g/mol. The van der Waals surface area contributed by atoms with E-state index in [2.05, 4.69) is 26.5 Å². The molecule has 2 aromatic carbocycles. The van der Waals surface area contributed by atoms with Crippen LogP contribution in [0.4, 0.5) is 5.69 Å². The highest BCUT2D eigenvalue weighted by molar-refractivity contribution is 9.10. The highest BCUT2D eigenvalue weighted by atomic mass is 79.9. The number of halogens is 1. The summed E-state index contributed by atoms with van der Waals surface area (Å²) in [5.74, 6) is 0.822. The molecule has 1 N–H and O–H groups in total. The number of aromatic nitrogens is 2. The molecule has 0 unspecified atom stereocenters. The van der Waals surface area contributed by atoms with Gasteiger partial charge in [0.15, 0.2) is 0 Å². The van der Waals surface area contributed by atoms with Crippen LogP contribution >= 0.6 is 15.9 Å². The molecule has 3 rings (SSSR count). The summed E-state index contributed by atoms with van der Waals surface area (Å²) in [5, 5.41) is 5.79. The van der Waals surface area contributed by atoms with E-state index in [1.807, 2.05) is 60.3 Å². The van der Waals surface area contributed by atoms with E-state index in [0.29, 0.717) is 6.54 Å². The fourth-order valence-corrected chi connectivity index (χ4v) is 3.39. The number of hydrogen-bond donors (Lipinski definition) is 1. The summed E-state index contributed by atoms with van der Waals surface area (Å²) in [4.78, 5) is 11.5. The van der Waals surface area contributed by atoms with Crippen LogP contribution in [-0.2, 0) is 18.3 Å². The van der Waals surface area contributed by atoms with Crippen molar-refractivity contribution in [2.24, 2.45) is 7.05 Å². The minimum Gasteiger partial charge on any atom is -0.497 e. The van der Waals surface area contributed by atoms with Gasteiger partial charge in [-0.3, -0.25) is 19.9 Å². The Kier molecular flexibility index (Phi) is 6.13. The van der Waals surface area contributed by atoms with Crippen LogP contribution < -0.4 is 10.2 Å². The van der Waals surface area contributed by atoms with E-state index in [1.54, 1.807) is 18.3 Å². The number of carbonyl (C=O) groups excluding carboxylic acids is 1. The number of rotatable bonds is 8. The van der Waals surface area contributed by atoms with Crippen molar-refractivity contribution in [3.63, 3.8) is 0 Å². The van der Waals surface area contributed by atoms with Gasteiger partial charge in [0.05, 0.1) is 29.2 Å². The Balaban J connectivity index is 1.67. The quantitative estimate of drug-likeness (QED) is 0.436. The van der Waals surface area contributed by atoms with Crippen LogP contribution in [0.5, 0.6) is 5.75 Å². The summed E-state index contributed by atoms with van der Waals surface area (Å²) >= 11 is 3.52. The maximum Gasteiger partial charge on any atom is 0.228 e. The van der Waals surface area contributed by atoms with Gasteiger partial charge in [-0.1, -0.05) is 24.3 Å². The third-order valence-corrected chi connectivity index (χ3v) is 4.81. The summed E-state index contributed by atoms with van der Waals surface area (Å²) in [6, 6.07) is 15.7. The Morgan fingerprint density at radius 2 is 2.04 bits per heavy atom. The van der Waals surface area contributed by atoms with Gasteiger partial charge in [0.25, 0.3) is 0 Å². The van der Waals surface area contributed by atoms with Crippen molar-refractivity contribution in [2.45, 2.75) is 6.42 Å². The molecule has 7 heteroatoms. The first-order chi connectivity index (χ1) is 13.1. The van der Waals surface area contributed by atoms with Gasteiger partial charge < -0.3 is 4.74 Å². The van der Waals surface area contributed by atoms with Gasteiger partial charge in [0.2, 0.25) is 6.41 Å². The molecule has 27 heavy (non-hydrogen) atoms. The second-order valence-corrected chi connectivity index (χ2v) is 6.91. The highest BCUT2D eigenvalue weighted by Gasteiger charge is 2.10. The predicted molar refractivity (Wildman–Crippen MR) is 109 cm³/mol. The SMILES string of the molecule is COc1ccc(CCN(C=O)Nc2cccc(-c3c(Br)cnn3C)c2)cc1. The van der Waals surface area contributed by atoms with Gasteiger partial charge in [-0.05, 0) is 52.2 Å². The lowest BCUT2D eigenvalue weighted by Gasteiger charge is -2.20. The molecule has 0 fully saturated rings. The van der Waals surface area contributed by atoms with E-state index >= 15 is 0 Å². The number of nitrogens with zero attached hydrogens (tertiary/aromatic N) is 3. The van der Waals surface area contributed by atoms with E-state index in [-0.39, 0.29) is 0 Å². The van der Waals surface area contributed by atoms with Crippen molar-refractivity contribution in [2.75, 3.05) is 19.1 Å². The maximum atomic E-state index is 11.5. The second-order valence-electron chi connectivity index (χ2n) is 6.05. The molecular formula is C20H21BrN4O2. The van der Waals surface area contributed by atoms with E-state index in [9.17, 15) is 4.79 Å². The molecular weight excluding hydrogens is 408 g/mol. The molecule has 0 bridgehead atoms. The zero-order valence-corrected chi connectivity index (χ0v) is 16.8. The number of aryl methyl sites for hydroxylation is 1. The molecule has 0 spiro atoms. The molecule has 0 saturated carbocycles. The van der Waals surface area contributed by atoms with Gasteiger partial charge in [-0.15, -0.1) is 0 Å². The van der Waals surface area contributed by atoms with Crippen LogP contribution in [0.3, 0.4) is 0 Å². The molecule has 140 valence electrons. The van der Waals surface area contributed by atoms with Crippen LogP contribution in [0, 0.1) is 0 Å². The van der Waals surface area contributed by atoms with Crippen LogP contribution in [0.25, 0.3) is 11.3 Å². The third kappa shape index (κ3) is 4.68. The summed E-state index contributed by atoms with van der Waals surface area (Å²) in [5.41, 5.74) is 7.12. The summed E-state index contributed by atoms with van der Waals surface area (Å²) in [6.45, 7) is 0.551. The van der Waals surface area contributed by atoms with E-state index in [1.165, 1.54) is 0 Å². The van der Waals surface area contributed by atoms with Crippen LogP contribution in [0.1, 0.15) is 5.56 Å². The molecule has 6 nitrogen and oxygen atoms in total. The van der Waals surface area contributed by atoms with Gasteiger partial charge in [-0.25, -0.2) is 0 Å². The van der Waals surface area contributed by atoms with Gasteiger partial charge in [-0.2, -0.15) is 5.10 Å². The van der Waals surface area contributed by atoms with Crippen molar-refractivity contribution in [1.29, 1.82) is 0 Å². The highest BCUT2D eigenvalue weighted by Crippen LogP contribution is 2.29. The Labute approximate surface area is 166 Å². The maximum absolute atomic E-state index is 11.5. The molecule has 0 aliphatic heterocycles. The number of hydrazine groups is 1. The van der Waals surface area contributed by atoms with Crippen LogP contribution in [0.2, 0.25) is 0 Å². The zero-order valence-electron chi connectivity index (χ0n) is 15.2. The van der Waals surface area contributed by atoms with E-state index < -0.39 is 0 Å². The van der Waals surface area contributed by atoms with Crippen molar-refractivity contribution in [3.05, 3.63) is 64.8 Å². The molecule has 0 radical (unpaired) electrons. The van der Waals surface area contributed by atoms with Crippen molar-refractivity contribution in [3.8, 4) is 17.0 Å². The topological polar surface area (TPSA) is 59.4 Å². The predicted octanol–water partition coefficient (Wildman–Crippen LogP) is 3.89. The monoisotopic (exact) mass is 428 g/mol. The normalized spacial score (nSPS) is 10.5. The van der Waals surface area contributed by atoms with Crippen LogP contribution in [-0.4, -0.2) is 34.9 Å². The number of amides is 1. The van der Waals surface area contributed by atoms with Crippen LogP contribution in [0.15, 0.2) is 59.2 Å². The smallest absolute Gasteiger partial charge is 0.228 e. The molecule has 3 aromatic rings. The fourth-order valence-electron chi connectivity index (χ4n) is 2.81. The Bertz CT molecular complexity index is 889. The van der Waals surface area contributed by atoms with Gasteiger partial charge in [0.1, 0.15) is 5.75 Å². The van der Waals surface area contributed by atoms with Crippen molar-refractivity contribution >= 4 is 28.0 Å². The average Bonchev–Trinajstić information content (AvgIpc) is 3.04. The summed E-state index contributed by atoms with van der Waals surface area (Å²) < 4.78 is 7.90. The molecule has 0 saturated heterocycles. The molecule has 1 heterocycles. The lowest BCUT2D eigenvalue weighted by molar-refractivity contribution is -0.117. The molecule has 0 aliphatic carbocycles. The minimum atomic E-state index is 0.551. The number of carbonyl (C=O) groups is 1. The number of nitrogens with one attached hydrogen (secondary N) is 1. The number of methoxy groups -OCH3 is 1. The fraction of sp³-hybridized carbons (Fsp3) is 0.200. The van der Waals surface area contributed by atoms with Gasteiger partial charge in [0, 0.05) is 19.2 Å². The minimum absolute atomic E-state index is 0.551. The Hall–Kier alpha value is -2.80. The molecule has 0 atom stereocenters.